The largest absolute Gasteiger partial charge is 0.361 e. The lowest BCUT2D eigenvalue weighted by atomic mass is 10.1. The topological polar surface area (TPSA) is 94.2 Å². The summed E-state index contributed by atoms with van der Waals surface area (Å²) in [5, 5.41) is 12.5. The number of hydrogen-bond donors (Lipinski definition) is 4. The van der Waals surface area contributed by atoms with E-state index in [4.69, 9.17) is 5.21 Å². The average molecular weight is 349 g/mol. The molecule has 0 radical (unpaired) electrons. The fourth-order valence-corrected chi connectivity index (χ4v) is 2.71. The first-order valence-electron chi connectivity index (χ1n) is 8.23. The van der Waals surface area contributed by atoms with Gasteiger partial charge in [0.25, 0.3) is 11.8 Å². The standard InChI is InChI=1S/C20H19N3O3/c24-19(23-26)10-7-14-5-8-15(9-6-14)20(25)21-12-11-16-13-22-18-4-2-1-3-17(16)18/h1-10,13,22,26H,11-12H2,(H,21,25)(H,23,24). The monoisotopic (exact) mass is 349 g/mol. The lowest BCUT2D eigenvalue weighted by Crippen LogP contribution is -2.25. The molecule has 2 amide bonds. The van der Waals surface area contributed by atoms with Crippen molar-refractivity contribution in [1.29, 1.82) is 0 Å². The summed E-state index contributed by atoms with van der Waals surface area (Å²) in [5.41, 5.74) is 5.08. The molecule has 0 saturated heterocycles. The minimum Gasteiger partial charge on any atom is -0.361 e. The van der Waals surface area contributed by atoms with E-state index in [1.807, 2.05) is 24.4 Å². The first-order chi connectivity index (χ1) is 12.7. The zero-order valence-corrected chi connectivity index (χ0v) is 14.0. The van der Waals surface area contributed by atoms with Crippen molar-refractivity contribution in [2.75, 3.05) is 6.54 Å². The van der Waals surface area contributed by atoms with Gasteiger partial charge in [-0.05, 0) is 41.8 Å². The molecule has 0 spiro atoms. The van der Waals surface area contributed by atoms with E-state index in [0.717, 1.165) is 17.5 Å². The van der Waals surface area contributed by atoms with Crippen LogP contribution in [0.15, 0.2) is 60.8 Å². The molecule has 2 aromatic carbocycles. The lowest BCUT2D eigenvalue weighted by molar-refractivity contribution is -0.124. The summed E-state index contributed by atoms with van der Waals surface area (Å²) in [6, 6.07) is 14.9. The molecule has 0 fully saturated rings. The Morgan fingerprint density at radius 3 is 2.62 bits per heavy atom. The SMILES string of the molecule is O=C(C=Cc1ccc(C(=O)NCCc2c[nH]c3ccccc23)cc1)NO. The Morgan fingerprint density at radius 2 is 1.85 bits per heavy atom. The van der Waals surface area contributed by atoms with E-state index in [-0.39, 0.29) is 5.91 Å². The van der Waals surface area contributed by atoms with Gasteiger partial charge in [0.1, 0.15) is 0 Å². The van der Waals surface area contributed by atoms with Gasteiger partial charge in [0.2, 0.25) is 0 Å². The van der Waals surface area contributed by atoms with E-state index >= 15 is 0 Å². The third kappa shape index (κ3) is 4.17. The maximum Gasteiger partial charge on any atom is 0.267 e. The van der Waals surface area contributed by atoms with Crippen LogP contribution in [0.2, 0.25) is 0 Å². The van der Waals surface area contributed by atoms with Gasteiger partial charge in [-0.15, -0.1) is 0 Å². The van der Waals surface area contributed by atoms with Crippen molar-refractivity contribution in [2.45, 2.75) is 6.42 Å². The second kappa shape index (κ2) is 8.13. The minimum absolute atomic E-state index is 0.145. The number of benzene rings is 2. The van der Waals surface area contributed by atoms with E-state index in [0.29, 0.717) is 12.1 Å². The molecule has 1 aromatic heterocycles. The van der Waals surface area contributed by atoms with Crippen LogP contribution in [0.25, 0.3) is 17.0 Å². The number of carbonyl (C=O) groups excluding carboxylic acids is 2. The van der Waals surface area contributed by atoms with Gasteiger partial charge < -0.3 is 10.3 Å². The van der Waals surface area contributed by atoms with Crippen molar-refractivity contribution < 1.29 is 14.8 Å². The van der Waals surface area contributed by atoms with Crippen molar-refractivity contribution in [2.24, 2.45) is 0 Å². The number of amides is 2. The van der Waals surface area contributed by atoms with E-state index in [9.17, 15) is 9.59 Å². The number of para-hydroxylation sites is 1. The average Bonchev–Trinajstić information content (AvgIpc) is 3.09. The van der Waals surface area contributed by atoms with Crippen molar-refractivity contribution in [3.8, 4) is 0 Å². The molecule has 0 aliphatic heterocycles. The number of rotatable bonds is 6. The summed E-state index contributed by atoms with van der Waals surface area (Å²) in [6.07, 6.45) is 5.47. The molecule has 132 valence electrons. The number of aromatic amines is 1. The number of fused-ring (bicyclic) bond motifs is 1. The van der Waals surface area contributed by atoms with Crippen molar-refractivity contribution in [3.05, 3.63) is 77.5 Å². The van der Waals surface area contributed by atoms with Crippen LogP contribution in [0, 0.1) is 0 Å². The first-order valence-corrected chi connectivity index (χ1v) is 8.23. The maximum absolute atomic E-state index is 12.2. The highest BCUT2D eigenvalue weighted by Crippen LogP contribution is 2.17. The minimum atomic E-state index is -0.607. The van der Waals surface area contributed by atoms with Crippen LogP contribution < -0.4 is 10.8 Å². The molecule has 0 atom stereocenters. The molecule has 0 aliphatic carbocycles. The highest BCUT2D eigenvalue weighted by Gasteiger charge is 2.06. The quantitative estimate of drug-likeness (QED) is 0.313. The van der Waals surface area contributed by atoms with E-state index in [1.54, 1.807) is 30.3 Å². The summed E-state index contributed by atoms with van der Waals surface area (Å²) >= 11 is 0. The molecule has 0 saturated carbocycles. The number of hydrogen-bond acceptors (Lipinski definition) is 3. The number of aromatic nitrogens is 1. The first kappa shape index (κ1) is 17.4. The van der Waals surface area contributed by atoms with E-state index < -0.39 is 5.91 Å². The molecule has 6 nitrogen and oxygen atoms in total. The Balaban J connectivity index is 1.55. The molecular weight excluding hydrogens is 330 g/mol. The maximum atomic E-state index is 12.2. The molecule has 4 N–H and O–H groups in total. The van der Waals surface area contributed by atoms with Gasteiger partial charge >= 0.3 is 0 Å². The molecule has 3 rings (SSSR count). The normalized spacial score (nSPS) is 11.0. The van der Waals surface area contributed by atoms with Gasteiger partial charge in [-0.2, -0.15) is 0 Å². The van der Waals surface area contributed by atoms with Crippen LogP contribution in [-0.2, 0) is 11.2 Å². The van der Waals surface area contributed by atoms with Gasteiger partial charge in [0.15, 0.2) is 0 Å². The van der Waals surface area contributed by atoms with Crippen molar-refractivity contribution in [3.63, 3.8) is 0 Å². The summed E-state index contributed by atoms with van der Waals surface area (Å²) in [6.45, 7) is 0.541. The second-order valence-electron chi connectivity index (χ2n) is 5.80. The molecular formula is C20H19N3O3. The zero-order valence-electron chi connectivity index (χ0n) is 14.0. The molecule has 3 aromatic rings. The zero-order chi connectivity index (χ0) is 18.4. The number of carbonyl (C=O) groups is 2. The summed E-state index contributed by atoms with van der Waals surface area (Å²) in [7, 11) is 0. The molecule has 0 unspecified atom stereocenters. The van der Waals surface area contributed by atoms with Crippen LogP contribution >= 0.6 is 0 Å². The summed E-state index contributed by atoms with van der Waals surface area (Å²) in [4.78, 5) is 26.4. The van der Waals surface area contributed by atoms with Crippen molar-refractivity contribution >= 4 is 28.8 Å². The molecule has 6 heteroatoms. The number of H-pyrrole nitrogens is 1. The van der Waals surface area contributed by atoms with Gasteiger partial charge in [-0.25, -0.2) is 5.48 Å². The van der Waals surface area contributed by atoms with Crippen LogP contribution in [0.5, 0.6) is 0 Å². The van der Waals surface area contributed by atoms with E-state index in [2.05, 4.69) is 16.4 Å². The van der Waals surface area contributed by atoms with E-state index in [1.165, 1.54) is 22.5 Å². The smallest absolute Gasteiger partial charge is 0.267 e. The molecule has 0 bridgehead atoms. The van der Waals surface area contributed by atoms with Crippen LogP contribution in [0.4, 0.5) is 0 Å². The van der Waals surface area contributed by atoms with Crippen molar-refractivity contribution in [1.82, 2.24) is 15.8 Å². The predicted octanol–water partition coefficient (Wildman–Crippen LogP) is 2.66. The molecule has 0 aliphatic rings. The number of nitrogens with one attached hydrogen (secondary N) is 3. The summed E-state index contributed by atoms with van der Waals surface area (Å²) < 4.78 is 0. The Morgan fingerprint density at radius 1 is 1.08 bits per heavy atom. The number of hydroxylamine groups is 1. The third-order valence-electron chi connectivity index (χ3n) is 4.07. The van der Waals surface area contributed by atoms with Crippen LogP contribution in [0.1, 0.15) is 21.5 Å². The van der Waals surface area contributed by atoms with Gasteiger partial charge in [0, 0.05) is 35.3 Å². The Labute approximate surface area is 150 Å². The van der Waals surface area contributed by atoms with Gasteiger partial charge in [0.05, 0.1) is 0 Å². The fourth-order valence-electron chi connectivity index (χ4n) is 2.71. The summed E-state index contributed by atoms with van der Waals surface area (Å²) in [5.74, 6) is -0.752. The Bertz CT molecular complexity index is 942. The Kier molecular flexibility index (Phi) is 5.46. The Hall–Kier alpha value is -3.38. The fraction of sp³-hybridized carbons (Fsp3) is 0.100. The third-order valence-corrected chi connectivity index (χ3v) is 4.07. The van der Waals surface area contributed by atoms with Gasteiger partial charge in [-0.3, -0.25) is 14.8 Å². The molecule has 1 heterocycles. The highest BCUT2D eigenvalue weighted by molar-refractivity contribution is 5.95. The second-order valence-corrected chi connectivity index (χ2v) is 5.80. The van der Waals surface area contributed by atoms with Crippen LogP contribution in [-0.4, -0.2) is 28.6 Å². The molecule has 26 heavy (non-hydrogen) atoms. The predicted molar refractivity (Wildman–Crippen MR) is 99.7 cm³/mol. The van der Waals surface area contributed by atoms with Crippen LogP contribution in [0.3, 0.4) is 0 Å². The lowest BCUT2D eigenvalue weighted by Gasteiger charge is -2.05. The van der Waals surface area contributed by atoms with Gasteiger partial charge in [-0.1, -0.05) is 30.3 Å². The highest BCUT2D eigenvalue weighted by atomic mass is 16.5.